The molecule has 0 fully saturated rings. The van der Waals surface area contributed by atoms with Gasteiger partial charge < -0.3 is 15.0 Å². The third-order valence-corrected chi connectivity index (χ3v) is 7.29. The molecule has 0 radical (unpaired) electrons. The number of anilines is 1. The van der Waals surface area contributed by atoms with Gasteiger partial charge in [-0.25, -0.2) is 8.42 Å². The zero-order valence-corrected chi connectivity index (χ0v) is 23.8. The Bertz CT molecular complexity index is 1340. The van der Waals surface area contributed by atoms with Gasteiger partial charge >= 0.3 is 0 Å². The summed E-state index contributed by atoms with van der Waals surface area (Å²) in [6.07, 6.45) is 2.21. The lowest BCUT2D eigenvalue weighted by molar-refractivity contribution is -0.140. The van der Waals surface area contributed by atoms with Crippen LogP contribution in [0.3, 0.4) is 0 Å². The van der Waals surface area contributed by atoms with Crippen molar-refractivity contribution in [3.63, 3.8) is 0 Å². The lowest BCUT2D eigenvalue weighted by Crippen LogP contribution is -2.52. The zero-order chi connectivity index (χ0) is 28.4. The van der Waals surface area contributed by atoms with E-state index in [1.54, 1.807) is 24.3 Å². The van der Waals surface area contributed by atoms with Crippen LogP contribution >= 0.6 is 0 Å². The molecule has 1 N–H and O–H groups in total. The number of carbonyl (C=O) groups excluding carboxylic acids is 2. The summed E-state index contributed by atoms with van der Waals surface area (Å²) in [6, 6.07) is 22.7. The van der Waals surface area contributed by atoms with E-state index in [9.17, 15) is 18.0 Å². The normalized spacial score (nSPS) is 11.9. The summed E-state index contributed by atoms with van der Waals surface area (Å²) in [5, 5.41) is 2.88. The third-order valence-electron chi connectivity index (χ3n) is 6.15. The highest BCUT2D eigenvalue weighted by atomic mass is 32.2. The predicted molar refractivity (Wildman–Crippen MR) is 154 cm³/mol. The van der Waals surface area contributed by atoms with Crippen LogP contribution in [-0.4, -0.2) is 50.5 Å². The molecule has 8 nitrogen and oxygen atoms in total. The van der Waals surface area contributed by atoms with Crippen LogP contribution < -0.4 is 14.4 Å². The number of rotatable bonds is 13. The summed E-state index contributed by atoms with van der Waals surface area (Å²) in [7, 11) is -3.82. The maximum absolute atomic E-state index is 13.8. The molecule has 0 heterocycles. The first-order valence-corrected chi connectivity index (χ1v) is 14.9. The van der Waals surface area contributed by atoms with E-state index in [2.05, 4.69) is 5.32 Å². The molecule has 1 atom stereocenters. The number of benzene rings is 3. The van der Waals surface area contributed by atoms with Crippen molar-refractivity contribution in [2.75, 3.05) is 23.7 Å². The Morgan fingerprint density at radius 3 is 2.18 bits per heavy atom. The highest BCUT2D eigenvalue weighted by Crippen LogP contribution is 2.26. The minimum Gasteiger partial charge on any atom is -0.457 e. The minimum atomic E-state index is -3.82. The van der Waals surface area contributed by atoms with Crippen molar-refractivity contribution in [3.05, 3.63) is 90.0 Å². The summed E-state index contributed by atoms with van der Waals surface area (Å²) >= 11 is 0. The van der Waals surface area contributed by atoms with Gasteiger partial charge in [-0.1, -0.05) is 61.9 Å². The lowest BCUT2D eigenvalue weighted by Gasteiger charge is -2.33. The Labute approximate surface area is 231 Å². The fraction of sp³-hybridized carbons (Fsp3) is 0.333. The molecule has 0 aliphatic carbocycles. The predicted octanol–water partition coefficient (Wildman–Crippen LogP) is 4.89. The average Bonchev–Trinajstić information content (AvgIpc) is 2.91. The van der Waals surface area contributed by atoms with Gasteiger partial charge in [0, 0.05) is 13.1 Å². The van der Waals surface area contributed by atoms with Crippen LogP contribution in [0.4, 0.5) is 5.69 Å². The molecule has 39 heavy (non-hydrogen) atoms. The fourth-order valence-electron chi connectivity index (χ4n) is 4.21. The van der Waals surface area contributed by atoms with E-state index in [1.165, 1.54) is 4.90 Å². The molecule has 2 amide bonds. The van der Waals surface area contributed by atoms with Gasteiger partial charge in [0.2, 0.25) is 21.8 Å². The summed E-state index contributed by atoms with van der Waals surface area (Å²) in [5.74, 6) is 0.460. The molecular formula is C30H37N3O5S. The highest BCUT2D eigenvalue weighted by molar-refractivity contribution is 7.92. The van der Waals surface area contributed by atoms with Gasteiger partial charge in [0.1, 0.15) is 24.1 Å². The molecule has 3 aromatic rings. The number of aryl methyl sites for hydroxylation is 1. The maximum atomic E-state index is 13.8. The van der Waals surface area contributed by atoms with Crippen molar-refractivity contribution in [3.8, 4) is 11.5 Å². The standard InChI is InChI=1S/C30H37N3O5S/c1-5-19-31-30(35)28(6-2)32(21-24-12-10-11-23(3)20-24)29(34)22-33(39(4,36)37)25-15-17-27(18-16-25)38-26-13-8-7-9-14-26/h7-18,20,28H,5-6,19,21-22H2,1-4H3,(H,31,35)/t28-/m1/s1. The van der Waals surface area contributed by atoms with Crippen LogP contribution in [-0.2, 0) is 26.2 Å². The SMILES string of the molecule is CCCNC(=O)[C@@H](CC)N(Cc1cccc(C)c1)C(=O)CN(c1ccc(Oc2ccccc2)cc1)S(C)(=O)=O. The monoisotopic (exact) mass is 551 g/mol. The van der Waals surface area contributed by atoms with Gasteiger partial charge in [-0.3, -0.25) is 13.9 Å². The first-order chi connectivity index (χ1) is 18.6. The number of hydrogen-bond donors (Lipinski definition) is 1. The number of nitrogens with one attached hydrogen (secondary N) is 1. The Hall–Kier alpha value is -3.85. The van der Waals surface area contributed by atoms with E-state index in [0.29, 0.717) is 30.2 Å². The van der Waals surface area contributed by atoms with Gasteiger partial charge in [-0.15, -0.1) is 0 Å². The third kappa shape index (κ3) is 8.58. The fourth-order valence-corrected chi connectivity index (χ4v) is 5.06. The molecule has 0 unspecified atom stereocenters. The largest absolute Gasteiger partial charge is 0.457 e. The molecule has 0 saturated carbocycles. The molecule has 3 aromatic carbocycles. The Morgan fingerprint density at radius 2 is 1.59 bits per heavy atom. The number of amides is 2. The van der Waals surface area contributed by atoms with E-state index >= 15 is 0 Å². The summed E-state index contributed by atoms with van der Waals surface area (Å²) < 4.78 is 32.5. The van der Waals surface area contributed by atoms with Crippen LogP contribution in [0.2, 0.25) is 0 Å². The van der Waals surface area contributed by atoms with Crippen molar-refractivity contribution in [2.45, 2.75) is 46.2 Å². The van der Waals surface area contributed by atoms with Crippen LogP contribution in [0.1, 0.15) is 37.8 Å². The zero-order valence-electron chi connectivity index (χ0n) is 23.0. The average molecular weight is 552 g/mol. The van der Waals surface area contributed by atoms with Crippen LogP contribution in [0.25, 0.3) is 0 Å². The Kier molecular flexibility index (Phi) is 10.5. The van der Waals surface area contributed by atoms with Crippen LogP contribution in [0.5, 0.6) is 11.5 Å². The van der Waals surface area contributed by atoms with E-state index in [-0.39, 0.29) is 12.5 Å². The minimum absolute atomic E-state index is 0.181. The van der Waals surface area contributed by atoms with Crippen molar-refractivity contribution in [2.24, 2.45) is 0 Å². The van der Waals surface area contributed by atoms with Gasteiger partial charge in [0.15, 0.2) is 0 Å². The molecule has 0 spiro atoms. The van der Waals surface area contributed by atoms with Gasteiger partial charge in [0.05, 0.1) is 11.9 Å². The summed E-state index contributed by atoms with van der Waals surface area (Å²) in [5.41, 5.74) is 2.21. The Balaban J connectivity index is 1.88. The van der Waals surface area contributed by atoms with Crippen molar-refractivity contribution in [1.82, 2.24) is 10.2 Å². The number of sulfonamides is 1. The first-order valence-electron chi connectivity index (χ1n) is 13.1. The molecule has 0 saturated heterocycles. The second-order valence-corrected chi connectivity index (χ2v) is 11.3. The molecular weight excluding hydrogens is 514 g/mol. The number of para-hydroxylation sites is 1. The quantitative estimate of drug-likeness (QED) is 0.326. The maximum Gasteiger partial charge on any atom is 0.244 e. The van der Waals surface area contributed by atoms with Gasteiger partial charge in [-0.2, -0.15) is 0 Å². The molecule has 0 bridgehead atoms. The van der Waals surface area contributed by atoms with E-state index in [0.717, 1.165) is 28.1 Å². The number of ether oxygens (including phenoxy) is 1. The van der Waals surface area contributed by atoms with Crippen molar-refractivity contribution >= 4 is 27.5 Å². The lowest BCUT2D eigenvalue weighted by atomic mass is 10.1. The van der Waals surface area contributed by atoms with E-state index < -0.39 is 28.5 Å². The molecule has 0 aliphatic rings. The topological polar surface area (TPSA) is 96.0 Å². The molecule has 9 heteroatoms. The Morgan fingerprint density at radius 1 is 0.923 bits per heavy atom. The number of hydrogen-bond acceptors (Lipinski definition) is 5. The van der Waals surface area contributed by atoms with E-state index in [4.69, 9.17) is 4.74 Å². The second kappa shape index (κ2) is 13.8. The highest BCUT2D eigenvalue weighted by Gasteiger charge is 2.31. The number of carbonyl (C=O) groups is 2. The smallest absolute Gasteiger partial charge is 0.244 e. The van der Waals surface area contributed by atoms with Crippen molar-refractivity contribution in [1.29, 1.82) is 0 Å². The van der Waals surface area contributed by atoms with E-state index in [1.807, 2.05) is 75.4 Å². The van der Waals surface area contributed by atoms with Crippen molar-refractivity contribution < 1.29 is 22.7 Å². The van der Waals surface area contributed by atoms with Crippen LogP contribution in [0, 0.1) is 6.92 Å². The molecule has 0 aromatic heterocycles. The van der Waals surface area contributed by atoms with Crippen LogP contribution in [0.15, 0.2) is 78.9 Å². The summed E-state index contributed by atoms with van der Waals surface area (Å²) in [4.78, 5) is 28.3. The molecule has 208 valence electrons. The van der Waals surface area contributed by atoms with Gasteiger partial charge in [0.25, 0.3) is 0 Å². The second-order valence-electron chi connectivity index (χ2n) is 9.40. The van der Waals surface area contributed by atoms with Gasteiger partial charge in [-0.05, 0) is 61.7 Å². The number of nitrogens with zero attached hydrogens (tertiary/aromatic N) is 2. The first kappa shape index (κ1) is 29.7. The summed E-state index contributed by atoms with van der Waals surface area (Å²) in [6.45, 7) is 5.98. The molecule has 3 rings (SSSR count). The molecule has 0 aliphatic heterocycles.